The molecule has 0 spiro atoms. The quantitative estimate of drug-likeness (QED) is 0.252. The molecule has 2 aromatic carbocycles. The molecule has 4 aromatic rings. The second-order valence-electron chi connectivity index (χ2n) is 9.91. The maximum Gasteiger partial charge on any atom is 0.274 e. The van der Waals surface area contributed by atoms with Gasteiger partial charge in [-0.3, -0.25) is 14.5 Å². The molecule has 1 aliphatic heterocycles. The van der Waals surface area contributed by atoms with Crippen LogP contribution in [0.1, 0.15) is 26.2 Å². The number of likely N-dealkylation sites (tertiary alicyclic amines) is 1. The van der Waals surface area contributed by atoms with Crippen LogP contribution in [-0.4, -0.2) is 53.6 Å². The van der Waals surface area contributed by atoms with E-state index in [-0.39, 0.29) is 10.00 Å². The van der Waals surface area contributed by atoms with Gasteiger partial charge in [-0.25, -0.2) is 26.0 Å². The van der Waals surface area contributed by atoms with E-state index < -0.39 is 55.3 Å². The summed E-state index contributed by atoms with van der Waals surface area (Å²) >= 11 is 0. The standard InChI is InChI=1S/C29H27F4N5O3S/c1-19(39)38(42(40,41)26-17-21(30)5-6-23(26)31)25-8-7-24(32)27(28(25)33)29-22(20-9-11-34-12-10-20)18-37(35-29)16-15-36-13-3-2-4-14-36/h5-12,17-18H,2-4,13-16H2,1H3. The smallest absolute Gasteiger partial charge is 0.274 e. The molecule has 220 valence electrons. The molecule has 5 rings (SSSR count). The summed E-state index contributed by atoms with van der Waals surface area (Å²) in [6.45, 7) is 3.79. The first kappa shape index (κ1) is 29.4. The van der Waals surface area contributed by atoms with Crippen molar-refractivity contribution >= 4 is 21.6 Å². The van der Waals surface area contributed by atoms with Gasteiger partial charge in [-0.05, 0) is 74.0 Å². The topological polar surface area (TPSA) is 88.4 Å². The predicted octanol–water partition coefficient (Wildman–Crippen LogP) is 5.40. The van der Waals surface area contributed by atoms with E-state index in [1.165, 1.54) is 18.8 Å². The number of sulfonamides is 1. The molecule has 2 aromatic heterocycles. The van der Waals surface area contributed by atoms with E-state index in [4.69, 9.17) is 0 Å². The molecule has 0 radical (unpaired) electrons. The third-order valence-corrected chi connectivity index (χ3v) is 8.87. The zero-order chi connectivity index (χ0) is 30.0. The van der Waals surface area contributed by atoms with E-state index in [2.05, 4.69) is 15.0 Å². The Kier molecular flexibility index (Phi) is 8.41. The third-order valence-electron chi connectivity index (χ3n) is 7.07. The van der Waals surface area contributed by atoms with Gasteiger partial charge in [0.05, 0.1) is 17.8 Å². The number of benzene rings is 2. The van der Waals surface area contributed by atoms with E-state index in [1.807, 2.05) is 0 Å². The van der Waals surface area contributed by atoms with Crippen LogP contribution in [0.15, 0.2) is 66.0 Å². The minimum atomic E-state index is -5.15. The molecule has 0 bridgehead atoms. The fraction of sp³-hybridized carbons (Fsp3) is 0.276. The average molecular weight is 602 g/mol. The Balaban J connectivity index is 1.63. The van der Waals surface area contributed by atoms with Gasteiger partial charge in [0.2, 0.25) is 5.91 Å². The van der Waals surface area contributed by atoms with Gasteiger partial charge in [0.25, 0.3) is 10.0 Å². The number of rotatable bonds is 8. The van der Waals surface area contributed by atoms with Crippen molar-refractivity contribution in [2.45, 2.75) is 37.6 Å². The minimum absolute atomic E-state index is 0.0113. The van der Waals surface area contributed by atoms with Crippen LogP contribution in [0.3, 0.4) is 0 Å². The average Bonchev–Trinajstić information content (AvgIpc) is 3.39. The van der Waals surface area contributed by atoms with E-state index >= 15 is 8.78 Å². The minimum Gasteiger partial charge on any atom is -0.301 e. The summed E-state index contributed by atoms with van der Waals surface area (Å²) in [7, 11) is -5.15. The first-order valence-electron chi connectivity index (χ1n) is 13.3. The maximum absolute atomic E-state index is 16.3. The van der Waals surface area contributed by atoms with Crippen LogP contribution in [0.4, 0.5) is 23.2 Å². The second kappa shape index (κ2) is 12.0. The Hall–Kier alpha value is -4.10. The fourth-order valence-electron chi connectivity index (χ4n) is 5.05. The van der Waals surface area contributed by atoms with Crippen molar-refractivity contribution in [3.05, 3.63) is 84.3 Å². The summed E-state index contributed by atoms with van der Waals surface area (Å²) < 4.78 is 88.4. The number of aromatic nitrogens is 3. The van der Waals surface area contributed by atoms with Crippen LogP contribution in [0.2, 0.25) is 0 Å². The Morgan fingerprint density at radius 3 is 2.31 bits per heavy atom. The highest BCUT2D eigenvalue weighted by atomic mass is 32.2. The number of amides is 1. The second-order valence-corrected chi connectivity index (χ2v) is 11.7. The van der Waals surface area contributed by atoms with E-state index in [0.717, 1.165) is 45.0 Å². The SMILES string of the molecule is CC(=O)N(c1ccc(F)c(-c2nn(CCN3CCCCC3)cc2-c2ccncc2)c1F)S(=O)(=O)c1cc(F)ccc1F. The lowest BCUT2D eigenvalue weighted by molar-refractivity contribution is -0.115. The lowest BCUT2D eigenvalue weighted by Gasteiger charge is -2.26. The number of piperidine rings is 1. The Morgan fingerprint density at radius 2 is 1.62 bits per heavy atom. The van der Waals surface area contributed by atoms with Crippen molar-refractivity contribution in [3.8, 4) is 22.4 Å². The molecule has 42 heavy (non-hydrogen) atoms. The van der Waals surface area contributed by atoms with Gasteiger partial charge >= 0.3 is 0 Å². The molecule has 0 unspecified atom stereocenters. The number of hydrogen-bond donors (Lipinski definition) is 0. The number of pyridine rings is 1. The summed E-state index contributed by atoms with van der Waals surface area (Å²) in [5, 5.41) is 4.48. The predicted molar refractivity (Wildman–Crippen MR) is 148 cm³/mol. The zero-order valence-electron chi connectivity index (χ0n) is 22.6. The molecule has 1 fully saturated rings. The van der Waals surface area contributed by atoms with Gasteiger partial charge in [0, 0.05) is 37.6 Å². The molecule has 0 N–H and O–H groups in total. The van der Waals surface area contributed by atoms with E-state index in [1.54, 1.807) is 23.0 Å². The van der Waals surface area contributed by atoms with Crippen molar-refractivity contribution in [3.63, 3.8) is 0 Å². The summed E-state index contributed by atoms with van der Waals surface area (Å²) in [6.07, 6.45) is 8.00. The molecule has 8 nitrogen and oxygen atoms in total. The highest BCUT2D eigenvalue weighted by Gasteiger charge is 2.35. The molecule has 0 atom stereocenters. The summed E-state index contributed by atoms with van der Waals surface area (Å²) in [4.78, 5) is 17.7. The summed E-state index contributed by atoms with van der Waals surface area (Å²) in [6, 6.07) is 6.47. The number of halogens is 4. The van der Waals surface area contributed by atoms with Crippen molar-refractivity contribution in [1.29, 1.82) is 0 Å². The molecule has 1 amide bonds. The lowest BCUT2D eigenvalue weighted by Crippen LogP contribution is -2.36. The monoisotopic (exact) mass is 601 g/mol. The fourth-order valence-corrected chi connectivity index (χ4v) is 6.56. The van der Waals surface area contributed by atoms with Gasteiger partial charge in [0.1, 0.15) is 28.0 Å². The molecule has 3 heterocycles. The van der Waals surface area contributed by atoms with Crippen molar-refractivity contribution in [2.24, 2.45) is 0 Å². The molecular weight excluding hydrogens is 574 g/mol. The molecule has 1 aliphatic rings. The first-order chi connectivity index (χ1) is 20.1. The summed E-state index contributed by atoms with van der Waals surface area (Å²) in [5.41, 5.74) is -0.788. The number of carbonyl (C=O) groups is 1. The highest BCUT2D eigenvalue weighted by Crippen LogP contribution is 2.39. The van der Waals surface area contributed by atoms with Crippen molar-refractivity contribution in [2.75, 3.05) is 23.9 Å². The van der Waals surface area contributed by atoms with E-state index in [0.29, 0.717) is 42.4 Å². The molecular formula is C29H27F4N5O3S. The van der Waals surface area contributed by atoms with Crippen molar-refractivity contribution in [1.82, 2.24) is 19.7 Å². The highest BCUT2D eigenvalue weighted by molar-refractivity contribution is 7.93. The molecule has 0 saturated carbocycles. The van der Waals surface area contributed by atoms with Gasteiger partial charge in [0.15, 0.2) is 5.82 Å². The lowest BCUT2D eigenvalue weighted by atomic mass is 10.0. The third kappa shape index (κ3) is 5.79. The summed E-state index contributed by atoms with van der Waals surface area (Å²) in [5.74, 6) is -6.14. The Bertz CT molecular complexity index is 1720. The molecule has 1 saturated heterocycles. The van der Waals surface area contributed by atoms with Crippen LogP contribution >= 0.6 is 0 Å². The van der Waals surface area contributed by atoms with Gasteiger partial charge < -0.3 is 4.90 Å². The van der Waals surface area contributed by atoms with Crippen LogP contribution in [-0.2, 0) is 21.4 Å². The van der Waals surface area contributed by atoms with Crippen LogP contribution in [0.25, 0.3) is 22.4 Å². The normalized spacial score (nSPS) is 14.2. The van der Waals surface area contributed by atoms with Crippen LogP contribution in [0, 0.1) is 23.3 Å². The largest absolute Gasteiger partial charge is 0.301 e. The number of nitrogens with zero attached hydrogens (tertiary/aromatic N) is 5. The number of carbonyl (C=O) groups excluding carboxylic acids is 1. The number of anilines is 1. The van der Waals surface area contributed by atoms with Gasteiger partial charge in [-0.1, -0.05) is 6.42 Å². The maximum atomic E-state index is 16.3. The molecule has 13 heteroatoms. The number of hydrogen-bond acceptors (Lipinski definition) is 6. The first-order valence-corrected chi connectivity index (χ1v) is 14.7. The Labute approximate surface area is 240 Å². The van der Waals surface area contributed by atoms with Crippen LogP contribution < -0.4 is 4.31 Å². The van der Waals surface area contributed by atoms with E-state index in [9.17, 15) is 22.0 Å². The van der Waals surface area contributed by atoms with Gasteiger partial charge in [-0.2, -0.15) is 9.40 Å². The zero-order valence-corrected chi connectivity index (χ0v) is 23.4. The molecule has 0 aliphatic carbocycles. The Morgan fingerprint density at radius 1 is 0.929 bits per heavy atom. The van der Waals surface area contributed by atoms with Crippen molar-refractivity contribution < 1.29 is 30.8 Å². The van der Waals surface area contributed by atoms with Crippen LogP contribution in [0.5, 0.6) is 0 Å². The van der Waals surface area contributed by atoms with Gasteiger partial charge in [-0.15, -0.1) is 0 Å².